The molecule has 0 saturated carbocycles. The van der Waals surface area contributed by atoms with E-state index in [1.165, 1.54) is 10.4 Å². The fourth-order valence-corrected chi connectivity index (χ4v) is 4.34. The van der Waals surface area contributed by atoms with Crippen molar-refractivity contribution in [1.82, 2.24) is 29.8 Å². The Morgan fingerprint density at radius 3 is 3.07 bits per heavy atom. The molecule has 0 unspecified atom stereocenters. The average Bonchev–Trinajstić information content (AvgIpc) is 3.39. The molecule has 27 heavy (non-hydrogen) atoms. The quantitative estimate of drug-likeness (QED) is 0.707. The fraction of sp³-hybridized carbons (Fsp3) is 0.421. The van der Waals surface area contributed by atoms with Crippen LogP contribution in [0.2, 0.25) is 0 Å². The number of fused-ring (bicyclic) bond motifs is 1. The van der Waals surface area contributed by atoms with E-state index in [4.69, 9.17) is 0 Å². The molecule has 0 saturated heterocycles. The molecule has 3 aromatic heterocycles. The molecule has 1 N–H and O–H groups in total. The number of hydrogen-bond donors (Lipinski definition) is 1. The molecule has 142 valence electrons. The molecule has 0 aliphatic carbocycles. The molecule has 7 nitrogen and oxygen atoms in total. The molecule has 0 aromatic carbocycles. The Balaban J connectivity index is 1.37. The maximum atomic E-state index is 12.7. The monoisotopic (exact) mass is 384 g/mol. The number of rotatable bonds is 6. The Morgan fingerprint density at radius 1 is 1.37 bits per heavy atom. The predicted molar refractivity (Wildman–Crippen MR) is 106 cm³/mol. The standard InChI is InChI=1S/C19H24N6OS/c1-3-25-12-15(10-21-25)18-16(13-23(2)22-18)19(26)20-6-8-24-7-4-17-14(11-24)5-9-27-17/h5,9-10,12-13H,3-4,6-8,11H2,1-2H3,(H,20,26). The molecule has 0 bridgehead atoms. The first-order valence-electron chi connectivity index (χ1n) is 9.26. The zero-order valence-corrected chi connectivity index (χ0v) is 16.5. The lowest BCUT2D eigenvalue weighted by molar-refractivity contribution is 0.0948. The van der Waals surface area contributed by atoms with Gasteiger partial charge in [-0.3, -0.25) is 19.1 Å². The van der Waals surface area contributed by atoms with Crippen molar-refractivity contribution in [1.29, 1.82) is 0 Å². The highest BCUT2D eigenvalue weighted by atomic mass is 32.1. The van der Waals surface area contributed by atoms with Gasteiger partial charge in [0, 0.05) is 62.6 Å². The molecule has 0 radical (unpaired) electrons. The first-order chi connectivity index (χ1) is 13.1. The van der Waals surface area contributed by atoms with E-state index in [-0.39, 0.29) is 5.91 Å². The highest BCUT2D eigenvalue weighted by Gasteiger charge is 2.20. The molecule has 1 amide bonds. The number of carbonyl (C=O) groups excluding carboxylic acids is 1. The van der Waals surface area contributed by atoms with Gasteiger partial charge in [-0.2, -0.15) is 10.2 Å². The van der Waals surface area contributed by atoms with Gasteiger partial charge in [0.05, 0.1) is 11.8 Å². The molecule has 3 aromatic rings. The molecular formula is C19H24N6OS. The zero-order valence-electron chi connectivity index (χ0n) is 15.7. The minimum absolute atomic E-state index is 0.0874. The zero-order chi connectivity index (χ0) is 18.8. The molecular weight excluding hydrogens is 360 g/mol. The third-order valence-electron chi connectivity index (χ3n) is 4.90. The minimum atomic E-state index is -0.0874. The molecule has 1 aliphatic heterocycles. The number of aryl methyl sites for hydroxylation is 2. The number of nitrogens with one attached hydrogen (secondary N) is 1. The second kappa shape index (κ2) is 7.66. The third kappa shape index (κ3) is 3.81. The van der Waals surface area contributed by atoms with E-state index in [0.29, 0.717) is 17.8 Å². The Labute approximate surface area is 162 Å². The summed E-state index contributed by atoms with van der Waals surface area (Å²) in [6.45, 7) is 6.32. The van der Waals surface area contributed by atoms with E-state index in [0.717, 1.165) is 38.2 Å². The molecule has 0 fully saturated rings. The molecule has 4 rings (SSSR count). The number of aromatic nitrogens is 4. The van der Waals surface area contributed by atoms with Gasteiger partial charge in [-0.15, -0.1) is 11.3 Å². The van der Waals surface area contributed by atoms with Crippen LogP contribution in [-0.4, -0.2) is 50.0 Å². The largest absolute Gasteiger partial charge is 0.351 e. The van der Waals surface area contributed by atoms with Crippen molar-refractivity contribution in [2.24, 2.45) is 7.05 Å². The van der Waals surface area contributed by atoms with Crippen molar-refractivity contribution in [2.75, 3.05) is 19.6 Å². The molecule has 0 spiro atoms. The van der Waals surface area contributed by atoms with Crippen molar-refractivity contribution in [2.45, 2.75) is 26.4 Å². The van der Waals surface area contributed by atoms with Crippen LogP contribution in [0.1, 0.15) is 27.7 Å². The van der Waals surface area contributed by atoms with Gasteiger partial charge in [-0.25, -0.2) is 0 Å². The highest BCUT2D eigenvalue weighted by Crippen LogP contribution is 2.24. The lowest BCUT2D eigenvalue weighted by Crippen LogP contribution is -2.37. The summed E-state index contributed by atoms with van der Waals surface area (Å²) in [5, 5.41) is 14.0. The number of hydrogen-bond acceptors (Lipinski definition) is 5. The van der Waals surface area contributed by atoms with Crippen LogP contribution in [0.15, 0.2) is 30.0 Å². The second-order valence-corrected chi connectivity index (χ2v) is 7.80. The van der Waals surface area contributed by atoms with E-state index in [9.17, 15) is 4.79 Å². The van der Waals surface area contributed by atoms with Gasteiger partial charge in [0.1, 0.15) is 5.69 Å². The van der Waals surface area contributed by atoms with Crippen LogP contribution in [-0.2, 0) is 26.6 Å². The Morgan fingerprint density at radius 2 is 2.26 bits per heavy atom. The maximum absolute atomic E-state index is 12.7. The van der Waals surface area contributed by atoms with E-state index in [1.807, 2.05) is 36.2 Å². The summed E-state index contributed by atoms with van der Waals surface area (Å²) in [6, 6.07) is 2.21. The number of carbonyl (C=O) groups is 1. The summed E-state index contributed by atoms with van der Waals surface area (Å²) in [5.74, 6) is -0.0874. The van der Waals surface area contributed by atoms with Gasteiger partial charge in [-0.05, 0) is 30.4 Å². The van der Waals surface area contributed by atoms with E-state index < -0.39 is 0 Å². The first-order valence-corrected chi connectivity index (χ1v) is 10.1. The van der Waals surface area contributed by atoms with Crippen molar-refractivity contribution >= 4 is 17.2 Å². The van der Waals surface area contributed by atoms with Crippen LogP contribution in [0.5, 0.6) is 0 Å². The molecule has 1 aliphatic rings. The van der Waals surface area contributed by atoms with E-state index in [1.54, 1.807) is 17.1 Å². The summed E-state index contributed by atoms with van der Waals surface area (Å²) in [6.07, 6.45) is 6.56. The molecule has 8 heteroatoms. The van der Waals surface area contributed by atoms with Crippen LogP contribution in [0.3, 0.4) is 0 Å². The van der Waals surface area contributed by atoms with E-state index in [2.05, 4.69) is 31.9 Å². The van der Waals surface area contributed by atoms with E-state index >= 15 is 0 Å². The Bertz CT molecular complexity index is 940. The molecule has 0 atom stereocenters. The number of thiophene rings is 1. The lowest BCUT2D eigenvalue weighted by atomic mass is 10.1. The number of nitrogens with zero attached hydrogens (tertiary/aromatic N) is 5. The SMILES string of the molecule is CCn1cc(-c2nn(C)cc2C(=O)NCCN2CCc3sccc3C2)cn1. The van der Waals surface area contributed by atoms with Gasteiger partial charge in [0.2, 0.25) is 0 Å². The topological polar surface area (TPSA) is 68.0 Å². The summed E-state index contributed by atoms with van der Waals surface area (Å²) in [5.41, 5.74) is 3.56. The smallest absolute Gasteiger partial charge is 0.255 e. The summed E-state index contributed by atoms with van der Waals surface area (Å²) >= 11 is 1.85. The van der Waals surface area contributed by atoms with Crippen LogP contribution in [0, 0.1) is 0 Å². The Hall–Kier alpha value is -2.45. The van der Waals surface area contributed by atoms with Crippen LogP contribution >= 0.6 is 11.3 Å². The summed E-state index contributed by atoms with van der Waals surface area (Å²) in [7, 11) is 1.83. The van der Waals surface area contributed by atoms with Gasteiger partial charge in [0.15, 0.2) is 0 Å². The normalized spacial score (nSPS) is 14.3. The predicted octanol–water partition coefficient (Wildman–Crippen LogP) is 2.15. The van der Waals surface area contributed by atoms with Gasteiger partial charge in [-0.1, -0.05) is 0 Å². The van der Waals surface area contributed by atoms with Crippen LogP contribution < -0.4 is 5.32 Å². The van der Waals surface area contributed by atoms with Crippen LogP contribution in [0.4, 0.5) is 0 Å². The summed E-state index contributed by atoms with van der Waals surface area (Å²) in [4.78, 5) is 16.6. The molecule has 4 heterocycles. The Kier molecular flexibility index (Phi) is 5.09. The van der Waals surface area contributed by atoms with Crippen molar-refractivity contribution in [3.63, 3.8) is 0 Å². The van der Waals surface area contributed by atoms with Crippen molar-refractivity contribution in [3.05, 3.63) is 46.0 Å². The number of amides is 1. The van der Waals surface area contributed by atoms with Crippen LogP contribution in [0.25, 0.3) is 11.3 Å². The van der Waals surface area contributed by atoms with Gasteiger partial charge >= 0.3 is 0 Å². The minimum Gasteiger partial charge on any atom is -0.351 e. The van der Waals surface area contributed by atoms with Gasteiger partial charge < -0.3 is 5.32 Å². The average molecular weight is 385 g/mol. The summed E-state index contributed by atoms with van der Waals surface area (Å²) < 4.78 is 3.51. The third-order valence-corrected chi connectivity index (χ3v) is 5.93. The van der Waals surface area contributed by atoms with Gasteiger partial charge in [0.25, 0.3) is 5.91 Å². The fourth-order valence-electron chi connectivity index (χ4n) is 3.45. The van der Waals surface area contributed by atoms with Crippen molar-refractivity contribution < 1.29 is 4.79 Å². The maximum Gasteiger partial charge on any atom is 0.255 e. The lowest BCUT2D eigenvalue weighted by Gasteiger charge is -2.26. The first kappa shape index (κ1) is 17.9. The van der Waals surface area contributed by atoms with Crippen molar-refractivity contribution in [3.8, 4) is 11.3 Å². The second-order valence-electron chi connectivity index (χ2n) is 6.80. The highest BCUT2D eigenvalue weighted by molar-refractivity contribution is 7.10.